The van der Waals surface area contributed by atoms with Crippen LogP contribution in [0.5, 0.6) is 0 Å². The second-order valence-electron chi connectivity index (χ2n) is 6.72. The van der Waals surface area contributed by atoms with Gasteiger partial charge in [0.05, 0.1) is 23.9 Å². The van der Waals surface area contributed by atoms with E-state index in [0.29, 0.717) is 38.2 Å². The van der Waals surface area contributed by atoms with E-state index in [1.54, 1.807) is 23.1 Å². The molecule has 0 aromatic carbocycles. The second-order valence-corrected chi connectivity index (χ2v) is 8.81. The molecule has 2 aromatic rings. The van der Waals surface area contributed by atoms with Crippen molar-refractivity contribution in [2.24, 2.45) is 5.92 Å². The molecule has 0 spiro atoms. The van der Waals surface area contributed by atoms with Crippen LogP contribution >= 0.6 is 0 Å². The van der Waals surface area contributed by atoms with Gasteiger partial charge in [0, 0.05) is 31.5 Å². The molecule has 0 bridgehead atoms. The lowest BCUT2D eigenvalue weighted by atomic mass is 9.99. The van der Waals surface area contributed by atoms with Crippen LogP contribution in [-0.4, -0.2) is 52.2 Å². The van der Waals surface area contributed by atoms with E-state index in [-0.39, 0.29) is 24.1 Å². The maximum atomic E-state index is 12.6. The summed E-state index contributed by atoms with van der Waals surface area (Å²) in [5.41, 5.74) is 0.877. The molecule has 1 saturated heterocycles. The van der Waals surface area contributed by atoms with E-state index in [9.17, 15) is 13.2 Å². The van der Waals surface area contributed by atoms with E-state index < -0.39 is 10.0 Å². The van der Waals surface area contributed by atoms with Gasteiger partial charge in [0.1, 0.15) is 0 Å². The lowest BCUT2D eigenvalue weighted by Gasteiger charge is -2.31. The smallest absolute Gasteiger partial charge is 0.230 e. The molecule has 1 amide bonds. The lowest BCUT2D eigenvalue weighted by Crippen LogP contribution is -2.44. The Morgan fingerprint density at radius 2 is 2.19 bits per heavy atom. The third kappa shape index (κ3) is 5.14. The molecule has 1 fully saturated rings. The summed E-state index contributed by atoms with van der Waals surface area (Å²) in [7, 11) is -3.28. The van der Waals surface area contributed by atoms with Gasteiger partial charge in [-0.2, -0.15) is 5.10 Å². The molecule has 9 heteroatoms. The van der Waals surface area contributed by atoms with Crippen LogP contribution in [0.3, 0.4) is 0 Å². The Labute approximate surface area is 159 Å². The average molecular weight is 391 g/mol. The summed E-state index contributed by atoms with van der Waals surface area (Å²) in [5.74, 6) is 0.0458. The van der Waals surface area contributed by atoms with Gasteiger partial charge in [0.2, 0.25) is 15.9 Å². The summed E-state index contributed by atoms with van der Waals surface area (Å²) in [6.45, 7) is 3.09. The number of pyridine rings is 1. The van der Waals surface area contributed by atoms with Crippen LogP contribution in [0.4, 0.5) is 5.82 Å². The van der Waals surface area contributed by atoms with E-state index in [2.05, 4.69) is 15.4 Å². The molecular weight excluding hydrogens is 366 g/mol. The van der Waals surface area contributed by atoms with Gasteiger partial charge >= 0.3 is 0 Å². The summed E-state index contributed by atoms with van der Waals surface area (Å²) < 4.78 is 27.7. The molecule has 27 heavy (non-hydrogen) atoms. The van der Waals surface area contributed by atoms with E-state index >= 15 is 0 Å². The Morgan fingerprint density at radius 1 is 1.33 bits per heavy atom. The summed E-state index contributed by atoms with van der Waals surface area (Å²) in [6, 6.07) is 7.41. The highest BCUT2D eigenvalue weighted by Crippen LogP contribution is 2.21. The van der Waals surface area contributed by atoms with E-state index in [1.807, 2.05) is 25.1 Å². The number of aromatic nitrogens is 3. The number of anilines is 1. The first-order chi connectivity index (χ1) is 13.0. The van der Waals surface area contributed by atoms with Crippen molar-refractivity contribution in [1.82, 2.24) is 19.1 Å². The predicted octanol–water partition coefficient (Wildman–Crippen LogP) is 1.72. The van der Waals surface area contributed by atoms with Crippen LogP contribution in [0.1, 0.15) is 31.9 Å². The minimum Gasteiger partial charge on any atom is -0.309 e. The molecule has 1 N–H and O–H groups in total. The fraction of sp³-hybridized carbons (Fsp3) is 0.500. The largest absolute Gasteiger partial charge is 0.309 e. The zero-order chi connectivity index (χ0) is 19.3. The number of rotatable bonds is 7. The minimum atomic E-state index is -3.28. The standard InChI is InChI=1S/C18H25N5O3S/c1-2-12-27(25,26)23-10-5-6-15(13-23)18(24)20-17-8-11-22(21-17)14-16-7-3-4-9-19-16/h3-4,7-9,11,15H,2,5-6,10,12-14H2,1H3,(H,20,21,24). The molecule has 146 valence electrons. The number of nitrogens with one attached hydrogen (secondary N) is 1. The minimum absolute atomic E-state index is 0.124. The quantitative estimate of drug-likeness (QED) is 0.775. The van der Waals surface area contributed by atoms with Gasteiger partial charge in [-0.1, -0.05) is 13.0 Å². The summed E-state index contributed by atoms with van der Waals surface area (Å²) in [4.78, 5) is 16.8. The molecule has 8 nitrogen and oxygen atoms in total. The van der Waals surface area contributed by atoms with Crippen LogP contribution in [-0.2, 0) is 21.4 Å². The zero-order valence-corrected chi connectivity index (χ0v) is 16.2. The van der Waals surface area contributed by atoms with Crippen molar-refractivity contribution in [3.63, 3.8) is 0 Å². The number of amides is 1. The number of nitrogens with zero attached hydrogens (tertiary/aromatic N) is 4. The number of sulfonamides is 1. The highest BCUT2D eigenvalue weighted by atomic mass is 32.2. The Kier molecular flexibility index (Phi) is 6.22. The maximum absolute atomic E-state index is 12.6. The summed E-state index contributed by atoms with van der Waals surface area (Å²) in [5, 5.41) is 7.16. The maximum Gasteiger partial charge on any atom is 0.230 e. The van der Waals surface area contributed by atoms with Crippen LogP contribution in [0.25, 0.3) is 0 Å². The van der Waals surface area contributed by atoms with Gasteiger partial charge in [0.15, 0.2) is 5.82 Å². The summed E-state index contributed by atoms with van der Waals surface area (Å²) in [6.07, 6.45) is 5.45. The number of carbonyl (C=O) groups is 1. The van der Waals surface area contributed by atoms with E-state index in [0.717, 1.165) is 5.69 Å². The first-order valence-electron chi connectivity index (χ1n) is 9.20. The van der Waals surface area contributed by atoms with E-state index in [4.69, 9.17) is 0 Å². The molecule has 1 aliphatic heterocycles. The predicted molar refractivity (Wildman–Crippen MR) is 103 cm³/mol. The third-order valence-electron chi connectivity index (χ3n) is 4.55. The molecule has 3 rings (SSSR count). The highest BCUT2D eigenvalue weighted by molar-refractivity contribution is 7.89. The Balaban J connectivity index is 1.59. The van der Waals surface area contributed by atoms with Crippen molar-refractivity contribution in [2.45, 2.75) is 32.7 Å². The van der Waals surface area contributed by atoms with Crippen molar-refractivity contribution >= 4 is 21.7 Å². The molecule has 3 heterocycles. The van der Waals surface area contributed by atoms with Crippen LogP contribution in [0.2, 0.25) is 0 Å². The van der Waals surface area contributed by atoms with Gasteiger partial charge in [-0.15, -0.1) is 0 Å². The van der Waals surface area contributed by atoms with Crippen molar-refractivity contribution in [3.8, 4) is 0 Å². The van der Waals surface area contributed by atoms with Crippen molar-refractivity contribution in [1.29, 1.82) is 0 Å². The first kappa shape index (κ1) is 19.5. The monoisotopic (exact) mass is 391 g/mol. The van der Waals surface area contributed by atoms with Gasteiger partial charge in [-0.25, -0.2) is 12.7 Å². The normalized spacial score (nSPS) is 18.3. The fourth-order valence-electron chi connectivity index (χ4n) is 3.20. The van der Waals surface area contributed by atoms with E-state index in [1.165, 1.54) is 4.31 Å². The number of hydrogen-bond donors (Lipinski definition) is 1. The van der Waals surface area contributed by atoms with Crippen molar-refractivity contribution in [3.05, 3.63) is 42.4 Å². The van der Waals surface area contributed by atoms with Gasteiger partial charge < -0.3 is 5.32 Å². The molecular formula is C18H25N5O3S. The number of carbonyl (C=O) groups excluding carboxylic acids is 1. The van der Waals surface area contributed by atoms with Crippen molar-refractivity contribution < 1.29 is 13.2 Å². The molecule has 1 atom stereocenters. The van der Waals surface area contributed by atoms with Gasteiger partial charge in [-0.05, 0) is 31.4 Å². The Bertz CT molecular complexity index is 866. The van der Waals surface area contributed by atoms with Crippen LogP contribution in [0.15, 0.2) is 36.7 Å². The lowest BCUT2D eigenvalue weighted by molar-refractivity contribution is -0.120. The summed E-state index contributed by atoms with van der Waals surface area (Å²) >= 11 is 0. The van der Waals surface area contributed by atoms with Crippen LogP contribution in [0, 0.1) is 5.92 Å². The topological polar surface area (TPSA) is 97.2 Å². The number of hydrogen-bond acceptors (Lipinski definition) is 5. The molecule has 0 aliphatic carbocycles. The van der Waals surface area contributed by atoms with Crippen molar-refractivity contribution in [2.75, 3.05) is 24.2 Å². The van der Waals surface area contributed by atoms with Gasteiger partial charge in [-0.3, -0.25) is 14.5 Å². The zero-order valence-electron chi connectivity index (χ0n) is 15.4. The molecule has 1 unspecified atom stereocenters. The highest BCUT2D eigenvalue weighted by Gasteiger charge is 2.32. The molecule has 0 saturated carbocycles. The Morgan fingerprint density at radius 3 is 2.93 bits per heavy atom. The van der Waals surface area contributed by atoms with Crippen LogP contribution < -0.4 is 5.32 Å². The average Bonchev–Trinajstić information content (AvgIpc) is 3.09. The third-order valence-corrected chi connectivity index (χ3v) is 6.60. The molecule has 0 radical (unpaired) electrons. The SMILES string of the molecule is CCCS(=O)(=O)N1CCCC(C(=O)Nc2ccn(Cc3ccccn3)n2)C1. The molecule has 1 aliphatic rings. The first-order valence-corrected chi connectivity index (χ1v) is 10.8. The van der Waals surface area contributed by atoms with Gasteiger partial charge in [0.25, 0.3) is 0 Å². The fourth-order valence-corrected chi connectivity index (χ4v) is 4.79. The Hall–Kier alpha value is -2.26. The second kappa shape index (κ2) is 8.62. The molecule has 2 aromatic heterocycles. The number of piperidine rings is 1.